The van der Waals surface area contributed by atoms with Crippen molar-refractivity contribution in [3.63, 3.8) is 0 Å². The van der Waals surface area contributed by atoms with Crippen molar-refractivity contribution in [2.24, 2.45) is 0 Å². The van der Waals surface area contributed by atoms with Crippen LogP contribution in [0.25, 0.3) is 0 Å². The molecular weight excluding hydrogens is 234 g/mol. The van der Waals surface area contributed by atoms with Gasteiger partial charge in [-0.25, -0.2) is 0 Å². The van der Waals surface area contributed by atoms with Crippen molar-refractivity contribution in [1.82, 2.24) is 4.90 Å². The molecule has 1 amide bonds. The van der Waals surface area contributed by atoms with Gasteiger partial charge in [-0.2, -0.15) is 0 Å². The Labute approximate surface area is 108 Å². The van der Waals surface area contributed by atoms with Crippen LogP contribution >= 0.6 is 11.6 Å². The molecule has 2 rings (SSSR count). The predicted molar refractivity (Wildman–Crippen MR) is 70.3 cm³/mol. The maximum Gasteiger partial charge on any atom is 0.230 e. The molecule has 3 heteroatoms. The first-order chi connectivity index (χ1) is 8.22. The minimum absolute atomic E-state index is 0.0156. The second kappa shape index (κ2) is 5.54. The summed E-state index contributed by atoms with van der Waals surface area (Å²) in [6.07, 6.45) is 1.75. The summed E-state index contributed by atoms with van der Waals surface area (Å²) in [6.45, 7) is 3.56. The van der Waals surface area contributed by atoms with Gasteiger partial charge in [-0.05, 0) is 18.4 Å². The van der Waals surface area contributed by atoms with Crippen molar-refractivity contribution in [2.75, 3.05) is 13.1 Å². The first-order valence-electron chi connectivity index (χ1n) is 6.20. The maximum absolute atomic E-state index is 12.4. The minimum Gasteiger partial charge on any atom is -0.341 e. The zero-order chi connectivity index (χ0) is 12.3. The number of nitrogens with zero attached hydrogens (tertiary/aromatic N) is 1. The molecule has 1 aromatic rings. The number of rotatable bonds is 3. The molecule has 0 aliphatic carbocycles. The van der Waals surface area contributed by atoms with Crippen molar-refractivity contribution in [3.05, 3.63) is 35.9 Å². The van der Waals surface area contributed by atoms with E-state index < -0.39 is 0 Å². The Morgan fingerprint density at radius 3 is 2.71 bits per heavy atom. The fourth-order valence-corrected chi connectivity index (χ4v) is 2.64. The summed E-state index contributed by atoms with van der Waals surface area (Å²) in [5.41, 5.74) is 1.11. The van der Waals surface area contributed by atoms with Gasteiger partial charge in [0.2, 0.25) is 5.91 Å². The van der Waals surface area contributed by atoms with E-state index in [2.05, 4.69) is 6.92 Å². The SMILES string of the molecule is CCC(C(=O)N1CCC(Cl)C1)c1ccccc1. The maximum atomic E-state index is 12.4. The highest BCUT2D eigenvalue weighted by Gasteiger charge is 2.29. The van der Waals surface area contributed by atoms with E-state index in [-0.39, 0.29) is 17.2 Å². The highest BCUT2D eigenvalue weighted by molar-refractivity contribution is 6.21. The van der Waals surface area contributed by atoms with E-state index in [1.807, 2.05) is 35.2 Å². The molecule has 0 saturated carbocycles. The first kappa shape index (κ1) is 12.4. The van der Waals surface area contributed by atoms with Crippen LogP contribution in [-0.4, -0.2) is 29.3 Å². The molecule has 2 unspecified atom stereocenters. The molecule has 17 heavy (non-hydrogen) atoms. The molecule has 1 aromatic carbocycles. The number of halogens is 1. The lowest BCUT2D eigenvalue weighted by atomic mass is 9.95. The molecule has 1 aliphatic heterocycles. The highest BCUT2D eigenvalue weighted by Crippen LogP contribution is 2.25. The molecule has 1 aliphatic rings. The van der Waals surface area contributed by atoms with Gasteiger partial charge >= 0.3 is 0 Å². The molecule has 0 radical (unpaired) electrons. The smallest absolute Gasteiger partial charge is 0.230 e. The van der Waals surface area contributed by atoms with Crippen LogP contribution in [0, 0.1) is 0 Å². The summed E-state index contributed by atoms with van der Waals surface area (Å²) < 4.78 is 0. The van der Waals surface area contributed by atoms with Crippen molar-refractivity contribution in [3.8, 4) is 0 Å². The summed E-state index contributed by atoms with van der Waals surface area (Å²) in [7, 11) is 0. The topological polar surface area (TPSA) is 20.3 Å². The van der Waals surface area contributed by atoms with Crippen molar-refractivity contribution in [2.45, 2.75) is 31.1 Å². The van der Waals surface area contributed by atoms with Crippen LogP contribution in [0.5, 0.6) is 0 Å². The quantitative estimate of drug-likeness (QED) is 0.757. The third-order valence-corrected chi connectivity index (χ3v) is 3.71. The molecular formula is C14H18ClNO. The molecule has 2 atom stereocenters. The predicted octanol–water partition coefficient (Wildman–Crippen LogP) is 3.02. The molecule has 1 heterocycles. The van der Waals surface area contributed by atoms with E-state index in [0.717, 1.165) is 24.9 Å². The average Bonchev–Trinajstić information content (AvgIpc) is 2.78. The van der Waals surface area contributed by atoms with Gasteiger partial charge in [0.25, 0.3) is 0 Å². The third-order valence-electron chi connectivity index (χ3n) is 3.35. The van der Waals surface area contributed by atoms with Crippen LogP contribution in [0.2, 0.25) is 0 Å². The Morgan fingerprint density at radius 1 is 1.47 bits per heavy atom. The first-order valence-corrected chi connectivity index (χ1v) is 6.63. The van der Waals surface area contributed by atoms with Gasteiger partial charge in [0.15, 0.2) is 0 Å². The minimum atomic E-state index is -0.0156. The number of likely N-dealkylation sites (tertiary alicyclic amines) is 1. The van der Waals surface area contributed by atoms with E-state index in [9.17, 15) is 4.79 Å². The summed E-state index contributed by atoms with van der Waals surface area (Å²) >= 11 is 6.05. The van der Waals surface area contributed by atoms with Gasteiger partial charge < -0.3 is 4.90 Å². The van der Waals surface area contributed by atoms with E-state index in [1.165, 1.54) is 0 Å². The second-order valence-corrected chi connectivity index (χ2v) is 5.16. The van der Waals surface area contributed by atoms with Crippen LogP contribution in [0.3, 0.4) is 0 Å². The van der Waals surface area contributed by atoms with Crippen molar-refractivity contribution < 1.29 is 4.79 Å². The zero-order valence-corrected chi connectivity index (χ0v) is 10.9. The normalized spacial score (nSPS) is 21.5. The Morgan fingerprint density at radius 2 is 2.18 bits per heavy atom. The Balaban J connectivity index is 2.11. The van der Waals surface area contributed by atoms with E-state index in [4.69, 9.17) is 11.6 Å². The number of carbonyl (C=O) groups excluding carboxylic acids is 1. The number of carbonyl (C=O) groups is 1. The molecule has 0 N–H and O–H groups in total. The lowest BCUT2D eigenvalue weighted by molar-refractivity contribution is -0.131. The van der Waals surface area contributed by atoms with E-state index >= 15 is 0 Å². The second-order valence-electron chi connectivity index (χ2n) is 4.54. The third kappa shape index (κ3) is 2.81. The fraction of sp³-hybridized carbons (Fsp3) is 0.500. The number of alkyl halides is 1. The Kier molecular flexibility index (Phi) is 4.06. The monoisotopic (exact) mass is 251 g/mol. The van der Waals surface area contributed by atoms with Gasteiger partial charge in [-0.15, -0.1) is 11.6 Å². The lowest BCUT2D eigenvalue weighted by Gasteiger charge is -2.22. The molecule has 92 valence electrons. The Bertz CT molecular complexity index is 379. The standard InChI is InChI=1S/C14H18ClNO/c1-2-13(11-6-4-3-5-7-11)14(17)16-9-8-12(15)10-16/h3-7,12-13H,2,8-10H2,1H3. The lowest BCUT2D eigenvalue weighted by Crippen LogP contribution is -2.33. The van der Waals surface area contributed by atoms with Gasteiger partial charge in [0.05, 0.1) is 11.3 Å². The molecule has 0 bridgehead atoms. The number of benzene rings is 1. The van der Waals surface area contributed by atoms with Crippen LogP contribution < -0.4 is 0 Å². The van der Waals surface area contributed by atoms with Crippen LogP contribution in [0.1, 0.15) is 31.2 Å². The van der Waals surface area contributed by atoms with Crippen LogP contribution in [-0.2, 0) is 4.79 Å². The van der Waals surface area contributed by atoms with Gasteiger partial charge in [0, 0.05) is 13.1 Å². The largest absolute Gasteiger partial charge is 0.341 e. The Hall–Kier alpha value is -1.02. The highest BCUT2D eigenvalue weighted by atomic mass is 35.5. The van der Waals surface area contributed by atoms with E-state index in [1.54, 1.807) is 0 Å². The molecule has 0 spiro atoms. The number of amides is 1. The number of hydrogen-bond acceptors (Lipinski definition) is 1. The van der Waals surface area contributed by atoms with E-state index in [0.29, 0.717) is 6.54 Å². The summed E-state index contributed by atoms with van der Waals surface area (Å²) in [5.74, 6) is 0.208. The molecule has 1 saturated heterocycles. The van der Waals surface area contributed by atoms with Crippen LogP contribution in [0.4, 0.5) is 0 Å². The molecule has 1 fully saturated rings. The van der Waals surface area contributed by atoms with Gasteiger partial charge in [0.1, 0.15) is 0 Å². The zero-order valence-electron chi connectivity index (χ0n) is 10.1. The molecule has 2 nitrogen and oxygen atoms in total. The fourth-order valence-electron chi connectivity index (χ4n) is 2.38. The molecule has 0 aromatic heterocycles. The van der Waals surface area contributed by atoms with Crippen molar-refractivity contribution >= 4 is 17.5 Å². The van der Waals surface area contributed by atoms with Gasteiger partial charge in [-0.1, -0.05) is 37.3 Å². The summed E-state index contributed by atoms with van der Waals surface area (Å²) in [5, 5.41) is 0.132. The summed E-state index contributed by atoms with van der Waals surface area (Å²) in [4.78, 5) is 14.3. The van der Waals surface area contributed by atoms with Crippen LogP contribution in [0.15, 0.2) is 30.3 Å². The van der Waals surface area contributed by atoms with Gasteiger partial charge in [-0.3, -0.25) is 4.79 Å². The average molecular weight is 252 g/mol. The van der Waals surface area contributed by atoms with Crippen molar-refractivity contribution in [1.29, 1.82) is 0 Å². The number of hydrogen-bond donors (Lipinski definition) is 0. The summed E-state index contributed by atoms with van der Waals surface area (Å²) in [6, 6.07) is 10.0.